The minimum absolute atomic E-state index is 0.00409. The van der Waals surface area contributed by atoms with Crippen molar-refractivity contribution in [3.05, 3.63) is 89.7 Å². The molecule has 0 saturated heterocycles. The van der Waals surface area contributed by atoms with E-state index in [1.165, 1.54) is 48.3 Å². The number of hydrogen-bond donors (Lipinski definition) is 1. The van der Waals surface area contributed by atoms with Crippen LogP contribution in [0.1, 0.15) is 31.4 Å². The number of carbonyl (C=O) groups excluding carboxylic acids is 2. The lowest BCUT2D eigenvalue weighted by Gasteiger charge is -2.33. The Morgan fingerprint density at radius 3 is 2.10 bits per heavy atom. The molecule has 8 nitrogen and oxygen atoms in total. The third-order valence-electron chi connectivity index (χ3n) is 6.22. The fourth-order valence-corrected chi connectivity index (χ4v) is 5.53. The standard InChI is InChI=1S/C29H34FN3O5S/c1-5-27(29(35)31-4)32(19-22-9-11-23(30)12-10-22)28(34)20-33(24-13-7-21(3)8-14-24)39(36,37)26-17-15-25(16-18-26)38-6-2/h7-18,27H,5-6,19-20H2,1-4H3,(H,31,35). The van der Waals surface area contributed by atoms with Gasteiger partial charge in [0, 0.05) is 13.6 Å². The largest absolute Gasteiger partial charge is 0.494 e. The van der Waals surface area contributed by atoms with Crippen molar-refractivity contribution in [2.75, 3.05) is 24.5 Å². The van der Waals surface area contributed by atoms with Gasteiger partial charge in [-0.25, -0.2) is 12.8 Å². The molecule has 0 saturated carbocycles. The van der Waals surface area contributed by atoms with E-state index in [4.69, 9.17) is 4.74 Å². The van der Waals surface area contributed by atoms with Gasteiger partial charge >= 0.3 is 0 Å². The van der Waals surface area contributed by atoms with Crippen molar-refractivity contribution < 1.29 is 27.1 Å². The molecule has 39 heavy (non-hydrogen) atoms. The molecule has 3 rings (SSSR count). The molecule has 0 fully saturated rings. The second-order valence-electron chi connectivity index (χ2n) is 8.94. The van der Waals surface area contributed by atoms with Crippen LogP contribution in [0, 0.1) is 12.7 Å². The van der Waals surface area contributed by atoms with Crippen LogP contribution in [0.4, 0.5) is 10.1 Å². The Morgan fingerprint density at radius 1 is 0.949 bits per heavy atom. The number of anilines is 1. The third-order valence-corrected chi connectivity index (χ3v) is 8.01. The zero-order valence-corrected chi connectivity index (χ0v) is 23.4. The van der Waals surface area contributed by atoms with Crippen molar-refractivity contribution >= 4 is 27.5 Å². The summed E-state index contributed by atoms with van der Waals surface area (Å²) in [5.41, 5.74) is 1.83. The number of amides is 2. The average molecular weight is 556 g/mol. The summed E-state index contributed by atoms with van der Waals surface area (Å²) < 4.78 is 47.7. The molecule has 0 aromatic heterocycles. The lowest BCUT2D eigenvalue weighted by Crippen LogP contribution is -2.51. The van der Waals surface area contributed by atoms with Gasteiger partial charge in [0.25, 0.3) is 10.0 Å². The van der Waals surface area contributed by atoms with E-state index < -0.39 is 34.3 Å². The van der Waals surface area contributed by atoms with E-state index in [1.54, 1.807) is 43.3 Å². The molecule has 0 heterocycles. The Balaban J connectivity index is 2.03. The van der Waals surface area contributed by atoms with Crippen LogP contribution < -0.4 is 14.4 Å². The molecule has 2 amide bonds. The number of benzene rings is 3. The summed E-state index contributed by atoms with van der Waals surface area (Å²) in [4.78, 5) is 27.9. The maximum atomic E-state index is 13.9. The number of ether oxygens (including phenoxy) is 1. The molecule has 0 bridgehead atoms. The van der Waals surface area contributed by atoms with Crippen LogP contribution in [0.2, 0.25) is 0 Å². The lowest BCUT2D eigenvalue weighted by molar-refractivity contribution is -0.140. The summed E-state index contributed by atoms with van der Waals surface area (Å²) in [6.07, 6.45) is 0.294. The molecule has 1 atom stereocenters. The number of carbonyl (C=O) groups is 2. The van der Waals surface area contributed by atoms with Crippen molar-refractivity contribution in [3.63, 3.8) is 0 Å². The van der Waals surface area contributed by atoms with Crippen LogP contribution in [0.5, 0.6) is 5.75 Å². The number of halogens is 1. The third kappa shape index (κ3) is 7.35. The first kappa shape index (κ1) is 29.6. The van der Waals surface area contributed by atoms with Gasteiger partial charge in [0.1, 0.15) is 24.2 Å². The van der Waals surface area contributed by atoms with Gasteiger partial charge in [-0.05, 0) is 74.4 Å². The smallest absolute Gasteiger partial charge is 0.264 e. The van der Waals surface area contributed by atoms with E-state index >= 15 is 0 Å². The molecule has 1 N–H and O–H groups in total. The van der Waals surface area contributed by atoms with Gasteiger partial charge in [-0.2, -0.15) is 0 Å². The number of nitrogens with zero attached hydrogens (tertiary/aromatic N) is 2. The second-order valence-corrected chi connectivity index (χ2v) is 10.8. The first-order valence-electron chi connectivity index (χ1n) is 12.7. The highest BCUT2D eigenvalue weighted by atomic mass is 32.2. The zero-order valence-electron chi connectivity index (χ0n) is 22.6. The number of likely N-dealkylation sites (N-methyl/N-ethyl adjacent to an activating group) is 1. The predicted octanol–water partition coefficient (Wildman–Crippen LogP) is 4.28. The number of nitrogens with one attached hydrogen (secondary N) is 1. The molecule has 10 heteroatoms. The topological polar surface area (TPSA) is 96.0 Å². The van der Waals surface area contributed by atoms with Gasteiger partial charge in [-0.3, -0.25) is 13.9 Å². The summed E-state index contributed by atoms with van der Waals surface area (Å²) in [5.74, 6) is -0.868. The maximum absolute atomic E-state index is 13.9. The van der Waals surface area contributed by atoms with E-state index in [0.717, 1.165) is 9.87 Å². The first-order chi connectivity index (χ1) is 18.6. The zero-order chi connectivity index (χ0) is 28.6. The minimum Gasteiger partial charge on any atom is -0.494 e. The quantitative estimate of drug-likeness (QED) is 0.360. The van der Waals surface area contributed by atoms with E-state index in [2.05, 4.69) is 5.32 Å². The highest BCUT2D eigenvalue weighted by molar-refractivity contribution is 7.92. The Hall–Kier alpha value is -3.92. The molecule has 0 spiro atoms. The van der Waals surface area contributed by atoms with Gasteiger partial charge in [-0.1, -0.05) is 36.8 Å². The van der Waals surface area contributed by atoms with Gasteiger partial charge < -0.3 is 15.0 Å². The van der Waals surface area contributed by atoms with E-state index in [-0.39, 0.29) is 17.3 Å². The summed E-state index contributed by atoms with van der Waals surface area (Å²) in [7, 11) is -2.71. The SMILES string of the molecule is CCOc1ccc(S(=O)(=O)N(CC(=O)N(Cc2ccc(F)cc2)C(CC)C(=O)NC)c2ccc(C)cc2)cc1. The predicted molar refractivity (Wildman–Crippen MR) is 148 cm³/mol. The van der Waals surface area contributed by atoms with Crippen molar-refractivity contribution in [2.45, 2.75) is 44.7 Å². The van der Waals surface area contributed by atoms with Crippen LogP contribution in [0.15, 0.2) is 77.7 Å². The van der Waals surface area contributed by atoms with Crippen molar-refractivity contribution in [3.8, 4) is 5.75 Å². The summed E-state index contributed by atoms with van der Waals surface area (Å²) >= 11 is 0. The summed E-state index contributed by atoms with van der Waals surface area (Å²) in [6, 6.07) is 17.5. The van der Waals surface area contributed by atoms with E-state index in [0.29, 0.717) is 30.0 Å². The van der Waals surface area contributed by atoms with Gasteiger partial charge in [0.15, 0.2) is 0 Å². The van der Waals surface area contributed by atoms with Gasteiger partial charge in [-0.15, -0.1) is 0 Å². The Labute approximate surface area is 229 Å². The molecule has 1 unspecified atom stereocenters. The molecule has 0 aliphatic carbocycles. The molecular formula is C29H34FN3O5S. The summed E-state index contributed by atoms with van der Waals surface area (Å²) in [6.45, 7) is 5.35. The molecule has 3 aromatic carbocycles. The highest BCUT2D eigenvalue weighted by Crippen LogP contribution is 2.26. The number of rotatable bonds is 12. The molecule has 0 aliphatic heterocycles. The number of aryl methyl sites for hydroxylation is 1. The van der Waals surface area contributed by atoms with Gasteiger partial charge in [0.05, 0.1) is 17.2 Å². The van der Waals surface area contributed by atoms with Crippen molar-refractivity contribution in [1.82, 2.24) is 10.2 Å². The fourth-order valence-electron chi connectivity index (χ4n) is 4.11. The van der Waals surface area contributed by atoms with E-state index in [1.807, 2.05) is 13.8 Å². The van der Waals surface area contributed by atoms with Crippen LogP contribution in [-0.4, -0.2) is 51.4 Å². The maximum Gasteiger partial charge on any atom is 0.264 e. The lowest BCUT2D eigenvalue weighted by atomic mass is 10.1. The summed E-state index contributed by atoms with van der Waals surface area (Å²) in [5, 5.41) is 2.57. The Bertz CT molecular complexity index is 1360. The molecule has 0 aliphatic rings. The van der Waals surface area contributed by atoms with Crippen LogP contribution in [-0.2, 0) is 26.2 Å². The van der Waals surface area contributed by atoms with Crippen LogP contribution in [0.25, 0.3) is 0 Å². The van der Waals surface area contributed by atoms with Crippen LogP contribution >= 0.6 is 0 Å². The second kappa shape index (κ2) is 13.2. The van der Waals surface area contributed by atoms with Crippen molar-refractivity contribution in [2.24, 2.45) is 0 Å². The average Bonchev–Trinajstić information content (AvgIpc) is 2.93. The number of hydrogen-bond acceptors (Lipinski definition) is 5. The molecule has 208 valence electrons. The normalized spacial score (nSPS) is 11.9. The van der Waals surface area contributed by atoms with Gasteiger partial charge in [0.2, 0.25) is 11.8 Å². The van der Waals surface area contributed by atoms with Crippen LogP contribution in [0.3, 0.4) is 0 Å². The Morgan fingerprint density at radius 2 is 1.56 bits per heavy atom. The molecule has 0 radical (unpaired) electrons. The molecular weight excluding hydrogens is 521 g/mol. The number of sulfonamides is 1. The fraction of sp³-hybridized carbons (Fsp3) is 0.310. The molecule has 3 aromatic rings. The first-order valence-corrected chi connectivity index (χ1v) is 14.1. The highest BCUT2D eigenvalue weighted by Gasteiger charge is 2.33. The monoisotopic (exact) mass is 555 g/mol. The van der Waals surface area contributed by atoms with E-state index in [9.17, 15) is 22.4 Å². The minimum atomic E-state index is -4.18. The Kier molecular flexibility index (Phi) is 10.1. The van der Waals surface area contributed by atoms with Crippen molar-refractivity contribution in [1.29, 1.82) is 0 Å².